The van der Waals surface area contributed by atoms with Crippen LogP contribution >= 0.6 is 11.6 Å². The number of benzene rings is 2. The van der Waals surface area contributed by atoms with Crippen LogP contribution in [0.15, 0.2) is 73.2 Å². The largest absolute Gasteiger partial charge is 0.287 e. The van der Waals surface area contributed by atoms with Crippen molar-refractivity contribution in [2.45, 2.75) is 6.54 Å². The van der Waals surface area contributed by atoms with Gasteiger partial charge in [0.2, 0.25) is 18.0 Å². The molecule has 0 saturated carbocycles. The summed E-state index contributed by atoms with van der Waals surface area (Å²) in [5.41, 5.74) is 2.49. The highest BCUT2D eigenvalue weighted by Crippen LogP contribution is 2.19. The molecule has 3 rings (SSSR count). The maximum atomic E-state index is 12.4. The molecule has 0 unspecified atom stereocenters. The molecule has 3 aromatic rings. The summed E-state index contributed by atoms with van der Waals surface area (Å²) in [4.78, 5) is 16.6. The van der Waals surface area contributed by atoms with Crippen LogP contribution in [0.1, 0.15) is 10.4 Å². The van der Waals surface area contributed by atoms with Gasteiger partial charge < -0.3 is 0 Å². The lowest BCUT2D eigenvalue weighted by Crippen LogP contribution is -2.40. The number of hydrogen-bond donors (Lipinski definition) is 0. The van der Waals surface area contributed by atoms with E-state index in [4.69, 9.17) is 11.6 Å². The highest BCUT2D eigenvalue weighted by molar-refractivity contribution is 6.30. The van der Waals surface area contributed by atoms with Gasteiger partial charge in [0.1, 0.15) is 0 Å². The second-order valence-corrected chi connectivity index (χ2v) is 5.33. The second-order valence-electron chi connectivity index (χ2n) is 4.89. The zero-order valence-electron chi connectivity index (χ0n) is 11.8. The molecule has 3 nitrogen and oxygen atoms in total. The average molecular weight is 310 g/mol. The number of nitrogens with zero attached hydrogens (tertiary/aromatic N) is 2. The molecule has 1 heterocycles. The lowest BCUT2D eigenvalue weighted by Gasteiger charge is -2.04. The minimum atomic E-state index is 0.0556. The average Bonchev–Trinajstić information content (AvgIpc) is 2.56. The molecule has 0 saturated heterocycles. The zero-order valence-corrected chi connectivity index (χ0v) is 12.6. The Kier molecular flexibility index (Phi) is 4.26. The Balaban J connectivity index is 1.94. The van der Waals surface area contributed by atoms with E-state index in [1.54, 1.807) is 18.6 Å². The van der Waals surface area contributed by atoms with Crippen molar-refractivity contribution in [3.05, 3.63) is 83.8 Å². The molecule has 0 spiro atoms. The van der Waals surface area contributed by atoms with E-state index >= 15 is 0 Å². The highest BCUT2D eigenvalue weighted by Gasteiger charge is 2.18. The fraction of sp³-hybridized carbons (Fsp3) is 0.0556. The van der Waals surface area contributed by atoms with Crippen molar-refractivity contribution >= 4 is 17.4 Å². The van der Waals surface area contributed by atoms with Crippen LogP contribution in [0.4, 0.5) is 0 Å². The van der Waals surface area contributed by atoms with Crippen molar-refractivity contribution in [3.63, 3.8) is 0 Å². The van der Waals surface area contributed by atoms with Crippen LogP contribution in [0.5, 0.6) is 0 Å². The van der Waals surface area contributed by atoms with E-state index in [-0.39, 0.29) is 12.3 Å². The summed E-state index contributed by atoms with van der Waals surface area (Å²) in [6.07, 6.45) is 5.22. The first kappa shape index (κ1) is 14.4. The number of halogens is 1. The van der Waals surface area contributed by atoms with Gasteiger partial charge in [-0.1, -0.05) is 48.0 Å². The number of carbonyl (C=O) groups excluding carboxylic acids is 1. The zero-order chi connectivity index (χ0) is 15.4. The molecule has 0 radical (unpaired) electrons. The summed E-state index contributed by atoms with van der Waals surface area (Å²) in [7, 11) is 0. The van der Waals surface area contributed by atoms with Gasteiger partial charge in [0.05, 0.1) is 12.4 Å². The summed E-state index contributed by atoms with van der Waals surface area (Å²) in [5.74, 6) is 0.0556. The molecule has 2 aromatic carbocycles. The highest BCUT2D eigenvalue weighted by atomic mass is 35.5. The van der Waals surface area contributed by atoms with Crippen LogP contribution < -0.4 is 4.57 Å². The third-order valence-electron chi connectivity index (χ3n) is 3.37. The first-order chi connectivity index (χ1) is 10.7. The van der Waals surface area contributed by atoms with E-state index < -0.39 is 0 Å². The number of Topliss-reactive ketones (excluding diaryl/α,β-unsaturated/α-hetero) is 1. The summed E-state index contributed by atoms with van der Waals surface area (Å²) in [6, 6.07) is 16.8. The maximum absolute atomic E-state index is 12.4. The van der Waals surface area contributed by atoms with Gasteiger partial charge in [0, 0.05) is 16.1 Å². The predicted molar refractivity (Wildman–Crippen MR) is 85.7 cm³/mol. The molecular formula is C18H14ClN2O+. The van der Waals surface area contributed by atoms with E-state index in [1.165, 1.54) is 0 Å². The first-order valence-electron chi connectivity index (χ1n) is 6.92. The van der Waals surface area contributed by atoms with Gasteiger partial charge in [0.25, 0.3) is 0 Å². The van der Waals surface area contributed by atoms with Gasteiger partial charge >= 0.3 is 0 Å². The number of aromatic nitrogens is 2. The van der Waals surface area contributed by atoms with Crippen LogP contribution in [-0.4, -0.2) is 10.8 Å². The smallest absolute Gasteiger partial charge is 0.231 e. The van der Waals surface area contributed by atoms with Gasteiger partial charge in [-0.3, -0.25) is 9.78 Å². The Bertz CT molecular complexity index is 803. The van der Waals surface area contributed by atoms with Crippen molar-refractivity contribution in [2.24, 2.45) is 0 Å². The SMILES string of the molecule is O=C(C[n+]1ccncc1-c1cccc(Cl)c1)c1ccccc1. The minimum absolute atomic E-state index is 0.0556. The molecule has 0 bridgehead atoms. The summed E-state index contributed by atoms with van der Waals surface area (Å²) >= 11 is 6.05. The number of carbonyl (C=O) groups is 1. The lowest BCUT2D eigenvalue weighted by molar-refractivity contribution is -0.672. The summed E-state index contributed by atoms with van der Waals surface area (Å²) in [6.45, 7) is 0.258. The van der Waals surface area contributed by atoms with Gasteiger partial charge in [-0.15, -0.1) is 0 Å². The van der Waals surface area contributed by atoms with Crippen molar-refractivity contribution in [3.8, 4) is 11.3 Å². The molecule has 0 aliphatic carbocycles. The van der Waals surface area contributed by atoms with Gasteiger partial charge in [-0.05, 0) is 18.2 Å². The third kappa shape index (κ3) is 3.21. The second kappa shape index (κ2) is 6.50. The quantitative estimate of drug-likeness (QED) is 0.545. The lowest BCUT2D eigenvalue weighted by atomic mass is 10.1. The first-order valence-corrected chi connectivity index (χ1v) is 7.29. The van der Waals surface area contributed by atoms with Crippen LogP contribution in [0, 0.1) is 0 Å². The Morgan fingerprint density at radius 1 is 1.09 bits per heavy atom. The maximum Gasteiger partial charge on any atom is 0.231 e. The van der Waals surface area contributed by atoms with Gasteiger partial charge in [-0.25, -0.2) is 0 Å². The molecule has 4 heteroatoms. The molecule has 0 aliphatic rings. The Hall–Kier alpha value is -2.52. The number of rotatable bonds is 4. The molecule has 0 atom stereocenters. The summed E-state index contributed by atoms with van der Waals surface area (Å²) < 4.78 is 1.88. The van der Waals surface area contributed by atoms with Gasteiger partial charge in [-0.2, -0.15) is 4.57 Å². The summed E-state index contributed by atoms with van der Waals surface area (Å²) in [5, 5.41) is 0.655. The fourth-order valence-corrected chi connectivity index (χ4v) is 2.47. The van der Waals surface area contributed by atoms with E-state index in [0.717, 1.165) is 11.3 Å². The van der Waals surface area contributed by atoms with E-state index in [2.05, 4.69) is 4.98 Å². The molecule has 0 amide bonds. The van der Waals surface area contributed by atoms with Crippen LogP contribution in [-0.2, 0) is 6.54 Å². The third-order valence-corrected chi connectivity index (χ3v) is 3.60. The molecule has 0 fully saturated rings. The molecule has 108 valence electrons. The van der Waals surface area contributed by atoms with E-state index in [9.17, 15) is 4.79 Å². The van der Waals surface area contributed by atoms with Crippen LogP contribution in [0.25, 0.3) is 11.3 Å². The van der Waals surface area contributed by atoms with Crippen molar-refractivity contribution < 1.29 is 9.36 Å². The molecule has 0 aliphatic heterocycles. The molecular weight excluding hydrogens is 296 g/mol. The predicted octanol–water partition coefficient (Wildman–Crippen LogP) is 3.57. The normalized spacial score (nSPS) is 10.4. The fourth-order valence-electron chi connectivity index (χ4n) is 2.28. The van der Waals surface area contributed by atoms with Crippen molar-refractivity contribution in [1.82, 2.24) is 4.98 Å². The van der Waals surface area contributed by atoms with Crippen molar-refractivity contribution in [2.75, 3.05) is 0 Å². The topological polar surface area (TPSA) is 33.8 Å². The van der Waals surface area contributed by atoms with Crippen LogP contribution in [0.3, 0.4) is 0 Å². The van der Waals surface area contributed by atoms with Crippen molar-refractivity contribution in [1.29, 1.82) is 0 Å². The standard InChI is InChI=1S/C18H14ClN2O/c19-16-8-4-7-15(11-16)17-12-20-9-10-21(17)13-18(22)14-5-2-1-3-6-14/h1-12H,13H2/q+1. The number of ketones is 1. The van der Waals surface area contributed by atoms with Gasteiger partial charge in [0.15, 0.2) is 6.20 Å². The minimum Gasteiger partial charge on any atom is -0.287 e. The molecule has 0 N–H and O–H groups in total. The Morgan fingerprint density at radius 3 is 2.68 bits per heavy atom. The Labute approximate surface area is 133 Å². The van der Waals surface area contributed by atoms with E-state index in [1.807, 2.05) is 59.2 Å². The molecule has 1 aromatic heterocycles. The monoisotopic (exact) mass is 309 g/mol. The Morgan fingerprint density at radius 2 is 1.91 bits per heavy atom. The van der Waals surface area contributed by atoms with E-state index in [0.29, 0.717) is 10.6 Å². The number of hydrogen-bond acceptors (Lipinski definition) is 2. The molecule has 22 heavy (non-hydrogen) atoms. The van der Waals surface area contributed by atoms with Crippen LogP contribution in [0.2, 0.25) is 5.02 Å².